The van der Waals surface area contributed by atoms with Crippen LogP contribution in [-0.2, 0) is 6.42 Å². The van der Waals surface area contributed by atoms with Crippen LogP contribution in [-0.4, -0.2) is 24.1 Å². The fourth-order valence-corrected chi connectivity index (χ4v) is 3.18. The SMILES string of the molecule is CCNC(=O)NCCC1CCc2ccc3nc(C)oc3c21. The van der Waals surface area contributed by atoms with E-state index in [1.165, 1.54) is 11.1 Å². The number of carbonyl (C=O) groups excluding carboxylic acids is 1. The van der Waals surface area contributed by atoms with Crippen molar-refractivity contribution in [2.24, 2.45) is 0 Å². The first-order valence-electron chi connectivity index (χ1n) is 7.59. The van der Waals surface area contributed by atoms with Gasteiger partial charge < -0.3 is 15.1 Å². The summed E-state index contributed by atoms with van der Waals surface area (Å²) in [6, 6.07) is 4.11. The minimum absolute atomic E-state index is 0.0931. The van der Waals surface area contributed by atoms with Gasteiger partial charge >= 0.3 is 6.03 Å². The van der Waals surface area contributed by atoms with Crippen LogP contribution < -0.4 is 10.6 Å². The summed E-state index contributed by atoms with van der Waals surface area (Å²) in [6.45, 7) is 5.12. The summed E-state index contributed by atoms with van der Waals surface area (Å²) in [5.41, 5.74) is 4.54. The zero-order valence-corrected chi connectivity index (χ0v) is 12.5. The van der Waals surface area contributed by atoms with Crippen LogP contribution >= 0.6 is 0 Å². The molecule has 112 valence electrons. The lowest BCUT2D eigenvalue weighted by molar-refractivity contribution is 0.241. The monoisotopic (exact) mass is 287 g/mol. The predicted molar refractivity (Wildman–Crippen MR) is 81.5 cm³/mol. The van der Waals surface area contributed by atoms with E-state index in [-0.39, 0.29) is 6.03 Å². The van der Waals surface area contributed by atoms with Crippen molar-refractivity contribution in [1.29, 1.82) is 0 Å². The molecule has 0 bridgehead atoms. The zero-order valence-electron chi connectivity index (χ0n) is 12.5. The van der Waals surface area contributed by atoms with Crippen LogP contribution in [0.3, 0.4) is 0 Å². The van der Waals surface area contributed by atoms with Crippen molar-refractivity contribution >= 4 is 17.1 Å². The molecule has 0 fully saturated rings. The van der Waals surface area contributed by atoms with Crippen molar-refractivity contribution in [1.82, 2.24) is 15.6 Å². The minimum Gasteiger partial charge on any atom is -0.441 e. The Labute approximate surface area is 124 Å². The summed E-state index contributed by atoms with van der Waals surface area (Å²) < 4.78 is 5.80. The van der Waals surface area contributed by atoms with E-state index in [1.54, 1.807) is 0 Å². The molecule has 1 aliphatic rings. The second-order valence-corrected chi connectivity index (χ2v) is 5.53. The Kier molecular flexibility index (Phi) is 3.82. The fraction of sp³-hybridized carbons (Fsp3) is 0.500. The quantitative estimate of drug-likeness (QED) is 0.908. The van der Waals surface area contributed by atoms with Gasteiger partial charge in [0, 0.05) is 25.6 Å². The van der Waals surface area contributed by atoms with Crippen LogP contribution in [0.4, 0.5) is 4.79 Å². The van der Waals surface area contributed by atoms with E-state index in [9.17, 15) is 4.79 Å². The topological polar surface area (TPSA) is 67.2 Å². The maximum absolute atomic E-state index is 11.4. The maximum atomic E-state index is 11.4. The minimum atomic E-state index is -0.0931. The lowest BCUT2D eigenvalue weighted by Crippen LogP contribution is -2.36. The number of amides is 2. The Morgan fingerprint density at radius 1 is 1.43 bits per heavy atom. The standard InChI is InChI=1S/C16H21N3O2/c1-3-17-16(20)18-9-8-12-5-4-11-6-7-13-15(14(11)12)21-10(2)19-13/h6-7,12H,3-5,8-9H2,1-2H3,(H2,17,18,20). The first-order valence-corrected chi connectivity index (χ1v) is 7.59. The molecule has 3 rings (SSSR count). The van der Waals surface area contributed by atoms with Crippen molar-refractivity contribution in [3.8, 4) is 0 Å². The van der Waals surface area contributed by atoms with Crippen molar-refractivity contribution in [3.05, 3.63) is 29.2 Å². The highest BCUT2D eigenvalue weighted by Gasteiger charge is 2.26. The first kappa shape index (κ1) is 13.9. The van der Waals surface area contributed by atoms with E-state index in [0.717, 1.165) is 30.4 Å². The molecule has 1 aromatic carbocycles. The molecule has 1 aromatic heterocycles. The Hall–Kier alpha value is -2.04. The van der Waals surface area contributed by atoms with Gasteiger partial charge in [-0.3, -0.25) is 0 Å². The molecule has 1 aliphatic carbocycles. The second-order valence-electron chi connectivity index (χ2n) is 5.53. The molecule has 0 radical (unpaired) electrons. The van der Waals surface area contributed by atoms with Crippen molar-refractivity contribution < 1.29 is 9.21 Å². The van der Waals surface area contributed by atoms with E-state index in [4.69, 9.17) is 4.42 Å². The summed E-state index contributed by atoms with van der Waals surface area (Å²) in [5, 5.41) is 5.64. The summed E-state index contributed by atoms with van der Waals surface area (Å²) in [4.78, 5) is 15.8. The van der Waals surface area contributed by atoms with E-state index in [1.807, 2.05) is 19.9 Å². The van der Waals surface area contributed by atoms with E-state index >= 15 is 0 Å². The molecule has 5 heteroatoms. The van der Waals surface area contributed by atoms with Crippen LogP contribution in [0.1, 0.15) is 42.7 Å². The Morgan fingerprint density at radius 2 is 2.29 bits per heavy atom. The highest BCUT2D eigenvalue weighted by molar-refractivity contribution is 5.79. The van der Waals surface area contributed by atoms with Crippen molar-refractivity contribution in [2.45, 2.75) is 39.0 Å². The molecule has 2 aromatic rings. The number of rotatable bonds is 4. The highest BCUT2D eigenvalue weighted by atomic mass is 16.3. The van der Waals surface area contributed by atoms with Gasteiger partial charge in [0.2, 0.25) is 0 Å². The van der Waals surface area contributed by atoms with E-state index < -0.39 is 0 Å². The number of fused-ring (bicyclic) bond motifs is 3. The number of aromatic nitrogens is 1. The summed E-state index contributed by atoms with van der Waals surface area (Å²) >= 11 is 0. The molecule has 1 atom stereocenters. The number of hydrogen-bond donors (Lipinski definition) is 2. The van der Waals surface area contributed by atoms with Crippen LogP contribution in [0.25, 0.3) is 11.1 Å². The van der Waals surface area contributed by atoms with Gasteiger partial charge in [0.15, 0.2) is 11.5 Å². The number of hydrogen-bond acceptors (Lipinski definition) is 3. The largest absolute Gasteiger partial charge is 0.441 e. The number of aryl methyl sites for hydroxylation is 2. The molecule has 21 heavy (non-hydrogen) atoms. The molecule has 1 unspecified atom stereocenters. The molecule has 0 saturated carbocycles. The van der Waals surface area contributed by atoms with Crippen molar-refractivity contribution in [2.75, 3.05) is 13.1 Å². The van der Waals surface area contributed by atoms with Gasteiger partial charge in [-0.05, 0) is 43.7 Å². The van der Waals surface area contributed by atoms with E-state index in [0.29, 0.717) is 24.9 Å². The average molecular weight is 287 g/mol. The number of oxazole rings is 1. The molecule has 0 saturated heterocycles. The smallest absolute Gasteiger partial charge is 0.314 e. The molecule has 5 nitrogen and oxygen atoms in total. The van der Waals surface area contributed by atoms with Gasteiger partial charge in [-0.25, -0.2) is 9.78 Å². The zero-order chi connectivity index (χ0) is 14.8. The van der Waals surface area contributed by atoms with Gasteiger partial charge in [-0.2, -0.15) is 0 Å². The second kappa shape index (κ2) is 5.76. The van der Waals surface area contributed by atoms with Crippen molar-refractivity contribution in [3.63, 3.8) is 0 Å². The third-order valence-corrected chi connectivity index (χ3v) is 4.08. The van der Waals surface area contributed by atoms with Crippen LogP contribution in [0.5, 0.6) is 0 Å². The van der Waals surface area contributed by atoms with Gasteiger partial charge in [-0.1, -0.05) is 6.07 Å². The number of nitrogens with one attached hydrogen (secondary N) is 2. The number of benzene rings is 1. The summed E-state index contributed by atoms with van der Waals surface area (Å²) in [6.07, 6.45) is 3.13. The summed E-state index contributed by atoms with van der Waals surface area (Å²) in [5.74, 6) is 1.16. The molecule has 1 heterocycles. The number of nitrogens with zero attached hydrogens (tertiary/aromatic N) is 1. The molecule has 2 N–H and O–H groups in total. The molecule has 0 spiro atoms. The van der Waals surface area contributed by atoms with Crippen LogP contribution in [0.2, 0.25) is 0 Å². The summed E-state index contributed by atoms with van der Waals surface area (Å²) in [7, 11) is 0. The Morgan fingerprint density at radius 3 is 3.10 bits per heavy atom. The Balaban J connectivity index is 1.73. The lowest BCUT2D eigenvalue weighted by Gasteiger charge is -2.12. The number of carbonyl (C=O) groups is 1. The lowest BCUT2D eigenvalue weighted by atomic mass is 9.97. The predicted octanol–water partition coefficient (Wildman–Crippen LogP) is 2.88. The van der Waals surface area contributed by atoms with Gasteiger partial charge in [-0.15, -0.1) is 0 Å². The molecular formula is C16H21N3O2. The molecule has 0 aliphatic heterocycles. The maximum Gasteiger partial charge on any atom is 0.314 e. The Bertz CT molecular complexity index is 663. The highest BCUT2D eigenvalue weighted by Crippen LogP contribution is 2.40. The van der Waals surface area contributed by atoms with Crippen LogP contribution in [0, 0.1) is 6.92 Å². The van der Waals surface area contributed by atoms with Gasteiger partial charge in [0.25, 0.3) is 0 Å². The number of urea groups is 1. The molecule has 2 amide bonds. The average Bonchev–Trinajstić information content (AvgIpc) is 3.01. The van der Waals surface area contributed by atoms with E-state index in [2.05, 4.69) is 21.7 Å². The van der Waals surface area contributed by atoms with Gasteiger partial charge in [0.05, 0.1) is 0 Å². The first-order chi connectivity index (χ1) is 10.2. The normalized spacial score (nSPS) is 17.0. The van der Waals surface area contributed by atoms with Crippen LogP contribution in [0.15, 0.2) is 16.5 Å². The van der Waals surface area contributed by atoms with Gasteiger partial charge in [0.1, 0.15) is 5.52 Å². The molecular weight excluding hydrogens is 266 g/mol. The third kappa shape index (κ3) is 2.73. The third-order valence-electron chi connectivity index (χ3n) is 4.08. The fourth-order valence-electron chi connectivity index (χ4n) is 3.18.